The highest BCUT2D eigenvalue weighted by atomic mass is 32.1. The molecule has 0 aliphatic carbocycles. The van der Waals surface area contributed by atoms with Gasteiger partial charge in [-0.3, -0.25) is 4.79 Å². The normalized spacial score (nSPS) is 12.3. The minimum absolute atomic E-state index is 0.00859. The van der Waals surface area contributed by atoms with Crippen molar-refractivity contribution in [2.45, 2.75) is 19.6 Å². The first-order chi connectivity index (χ1) is 11.6. The van der Waals surface area contributed by atoms with Crippen LogP contribution in [0, 0.1) is 0 Å². The Hall–Kier alpha value is -2.24. The summed E-state index contributed by atoms with van der Waals surface area (Å²) in [7, 11) is 3.48. The molecule has 0 saturated heterocycles. The van der Waals surface area contributed by atoms with Crippen LogP contribution in [-0.4, -0.2) is 29.9 Å². The van der Waals surface area contributed by atoms with Crippen molar-refractivity contribution < 1.29 is 9.53 Å². The molecule has 1 aromatic heterocycles. The largest absolute Gasteiger partial charge is 0.380 e. The van der Waals surface area contributed by atoms with E-state index in [9.17, 15) is 4.79 Å². The number of ether oxygens (including phenoxy) is 1. The van der Waals surface area contributed by atoms with Crippen molar-refractivity contribution in [3.8, 4) is 0 Å². The van der Waals surface area contributed by atoms with Crippen LogP contribution < -0.4 is 0 Å². The summed E-state index contributed by atoms with van der Waals surface area (Å²) in [4.78, 5) is 19.1. The van der Waals surface area contributed by atoms with Gasteiger partial charge in [-0.25, -0.2) is 4.98 Å². The van der Waals surface area contributed by atoms with Gasteiger partial charge in [-0.1, -0.05) is 24.3 Å². The SMILES string of the molecule is COCc1ccc(C(=O)N(C)[C@@H](C)c2nc3ccccc3s2)cc1. The van der Waals surface area contributed by atoms with Crippen molar-refractivity contribution >= 4 is 27.5 Å². The number of hydrogen-bond donors (Lipinski definition) is 0. The van der Waals surface area contributed by atoms with Crippen molar-refractivity contribution in [2.75, 3.05) is 14.2 Å². The zero-order chi connectivity index (χ0) is 17.1. The number of aromatic nitrogens is 1. The van der Waals surface area contributed by atoms with Crippen LogP contribution >= 0.6 is 11.3 Å². The molecule has 3 rings (SSSR count). The van der Waals surface area contributed by atoms with E-state index >= 15 is 0 Å². The molecule has 24 heavy (non-hydrogen) atoms. The Kier molecular flexibility index (Phi) is 4.92. The number of benzene rings is 2. The molecule has 0 fully saturated rings. The lowest BCUT2D eigenvalue weighted by Crippen LogP contribution is -2.29. The Bertz CT molecular complexity index is 809. The van der Waals surface area contributed by atoms with Crippen molar-refractivity contribution in [3.63, 3.8) is 0 Å². The summed E-state index contributed by atoms with van der Waals surface area (Å²) in [5, 5.41) is 0.947. The van der Waals surface area contributed by atoms with Gasteiger partial charge in [-0.2, -0.15) is 0 Å². The third-order valence-electron chi connectivity index (χ3n) is 4.08. The number of amides is 1. The van der Waals surface area contributed by atoms with Crippen LogP contribution in [0.2, 0.25) is 0 Å². The highest BCUT2D eigenvalue weighted by Gasteiger charge is 2.21. The Morgan fingerprint density at radius 1 is 1.21 bits per heavy atom. The second-order valence-electron chi connectivity index (χ2n) is 5.74. The third-order valence-corrected chi connectivity index (χ3v) is 5.29. The van der Waals surface area contributed by atoms with Crippen LogP contribution in [0.4, 0.5) is 0 Å². The van der Waals surface area contributed by atoms with Gasteiger partial charge in [0, 0.05) is 19.7 Å². The number of carbonyl (C=O) groups excluding carboxylic acids is 1. The molecular weight excluding hydrogens is 320 g/mol. The molecule has 0 spiro atoms. The van der Waals surface area contributed by atoms with Crippen molar-refractivity contribution in [1.29, 1.82) is 0 Å². The molecule has 0 saturated carbocycles. The van der Waals surface area contributed by atoms with Crippen LogP contribution in [0.5, 0.6) is 0 Å². The molecule has 2 aromatic carbocycles. The van der Waals surface area contributed by atoms with Gasteiger partial charge in [0.25, 0.3) is 5.91 Å². The maximum absolute atomic E-state index is 12.7. The first-order valence-electron chi connectivity index (χ1n) is 7.80. The first-order valence-corrected chi connectivity index (χ1v) is 8.62. The number of fused-ring (bicyclic) bond motifs is 1. The van der Waals surface area contributed by atoms with E-state index in [1.807, 2.05) is 56.4 Å². The number of hydrogen-bond acceptors (Lipinski definition) is 4. The maximum atomic E-state index is 12.7. The van der Waals surface area contributed by atoms with Crippen LogP contribution in [0.25, 0.3) is 10.2 Å². The molecule has 0 radical (unpaired) electrons. The highest BCUT2D eigenvalue weighted by molar-refractivity contribution is 7.18. The fraction of sp³-hybridized carbons (Fsp3) is 0.263. The lowest BCUT2D eigenvalue weighted by molar-refractivity contribution is 0.0742. The van der Waals surface area contributed by atoms with Gasteiger partial charge >= 0.3 is 0 Å². The Morgan fingerprint density at radius 2 is 1.92 bits per heavy atom. The first kappa shape index (κ1) is 16.6. The van der Waals surface area contributed by atoms with Crippen molar-refractivity contribution in [3.05, 3.63) is 64.7 Å². The molecule has 0 aliphatic rings. The van der Waals surface area contributed by atoms with Gasteiger partial charge in [0.1, 0.15) is 5.01 Å². The zero-order valence-electron chi connectivity index (χ0n) is 14.0. The number of carbonyl (C=O) groups is 1. The van der Waals surface area contributed by atoms with Crippen LogP contribution in [-0.2, 0) is 11.3 Å². The molecule has 3 aromatic rings. The Labute approximate surface area is 145 Å². The lowest BCUT2D eigenvalue weighted by Gasteiger charge is -2.23. The van der Waals surface area contributed by atoms with E-state index in [0.29, 0.717) is 12.2 Å². The number of thiazole rings is 1. The summed E-state index contributed by atoms with van der Waals surface area (Å²) >= 11 is 1.63. The highest BCUT2D eigenvalue weighted by Crippen LogP contribution is 2.29. The minimum Gasteiger partial charge on any atom is -0.380 e. The van der Waals surface area contributed by atoms with Crippen molar-refractivity contribution in [1.82, 2.24) is 9.88 Å². The fourth-order valence-corrected chi connectivity index (χ4v) is 3.59. The maximum Gasteiger partial charge on any atom is 0.254 e. The number of rotatable bonds is 5. The lowest BCUT2D eigenvalue weighted by atomic mass is 10.1. The van der Waals surface area contributed by atoms with Gasteiger partial charge < -0.3 is 9.64 Å². The molecule has 0 aliphatic heterocycles. The molecule has 0 bridgehead atoms. The number of nitrogens with zero attached hydrogens (tertiary/aromatic N) is 2. The molecule has 1 amide bonds. The standard InChI is InChI=1S/C19H20N2O2S/c1-13(18-20-16-6-4-5-7-17(16)24-18)21(2)19(22)15-10-8-14(9-11-15)12-23-3/h4-11,13H,12H2,1-3H3/t13-/m0/s1. The predicted octanol–water partition coefficient (Wildman–Crippen LogP) is 4.28. The molecule has 0 unspecified atom stereocenters. The number of para-hydroxylation sites is 1. The van der Waals surface area contributed by atoms with E-state index < -0.39 is 0 Å². The number of methoxy groups -OCH3 is 1. The van der Waals surface area contributed by atoms with E-state index in [0.717, 1.165) is 20.8 Å². The fourth-order valence-electron chi connectivity index (χ4n) is 2.52. The summed E-state index contributed by atoms with van der Waals surface area (Å²) in [5.41, 5.74) is 2.70. The van der Waals surface area contributed by atoms with E-state index in [-0.39, 0.29) is 11.9 Å². The van der Waals surface area contributed by atoms with E-state index in [2.05, 4.69) is 11.1 Å². The minimum atomic E-state index is -0.0754. The molecular formula is C19H20N2O2S. The summed E-state index contributed by atoms with van der Waals surface area (Å²) in [6.07, 6.45) is 0. The zero-order valence-corrected chi connectivity index (χ0v) is 14.8. The summed E-state index contributed by atoms with van der Waals surface area (Å²) in [5.74, 6) is -0.00859. The molecule has 124 valence electrons. The van der Waals surface area contributed by atoms with Gasteiger partial charge in [0.2, 0.25) is 0 Å². The quantitative estimate of drug-likeness (QED) is 0.696. The Balaban J connectivity index is 1.78. The second-order valence-corrected chi connectivity index (χ2v) is 6.80. The van der Waals surface area contributed by atoms with Gasteiger partial charge in [0.05, 0.1) is 22.9 Å². The summed E-state index contributed by atoms with van der Waals surface area (Å²) < 4.78 is 6.24. The second kappa shape index (κ2) is 7.11. The molecule has 0 N–H and O–H groups in total. The van der Waals surface area contributed by atoms with Crippen LogP contribution in [0.3, 0.4) is 0 Å². The average molecular weight is 340 g/mol. The van der Waals surface area contributed by atoms with E-state index in [1.165, 1.54) is 0 Å². The molecule has 4 nitrogen and oxygen atoms in total. The molecule has 1 atom stereocenters. The molecule has 1 heterocycles. The smallest absolute Gasteiger partial charge is 0.254 e. The topological polar surface area (TPSA) is 42.4 Å². The Morgan fingerprint density at radius 3 is 2.58 bits per heavy atom. The average Bonchev–Trinajstić information content (AvgIpc) is 3.05. The van der Waals surface area contributed by atoms with Crippen LogP contribution in [0.15, 0.2) is 48.5 Å². The monoisotopic (exact) mass is 340 g/mol. The van der Waals surface area contributed by atoms with E-state index in [1.54, 1.807) is 23.3 Å². The van der Waals surface area contributed by atoms with Gasteiger partial charge in [0.15, 0.2) is 0 Å². The summed E-state index contributed by atoms with van der Waals surface area (Å²) in [6.45, 7) is 2.56. The third kappa shape index (κ3) is 3.32. The van der Waals surface area contributed by atoms with Crippen LogP contribution in [0.1, 0.15) is 33.9 Å². The predicted molar refractivity (Wildman–Crippen MR) is 97.3 cm³/mol. The molecule has 5 heteroatoms. The van der Waals surface area contributed by atoms with Gasteiger partial charge in [-0.05, 0) is 36.8 Å². The van der Waals surface area contributed by atoms with Gasteiger partial charge in [-0.15, -0.1) is 11.3 Å². The van der Waals surface area contributed by atoms with Crippen molar-refractivity contribution in [2.24, 2.45) is 0 Å². The van der Waals surface area contributed by atoms with E-state index in [4.69, 9.17) is 4.74 Å². The summed E-state index contributed by atoms with van der Waals surface area (Å²) in [6, 6.07) is 15.5.